The highest BCUT2D eigenvalue weighted by atomic mass is 16.7. The van der Waals surface area contributed by atoms with Gasteiger partial charge in [0.1, 0.15) is 24.0 Å². The molecule has 3 aromatic carbocycles. The molecule has 0 amide bonds. The van der Waals surface area contributed by atoms with Crippen LogP contribution in [0, 0.1) is 0 Å². The van der Waals surface area contributed by atoms with E-state index in [0.29, 0.717) is 52.2 Å². The van der Waals surface area contributed by atoms with E-state index in [9.17, 15) is 4.79 Å². The molecule has 0 saturated carbocycles. The van der Waals surface area contributed by atoms with Crippen LogP contribution in [0.25, 0.3) is 0 Å². The number of rotatable bonds is 13. The summed E-state index contributed by atoms with van der Waals surface area (Å²) < 4.78 is 40.5. The van der Waals surface area contributed by atoms with E-state index < -0.39 is 23.5 Å². The maximum Gasteiger partial charge on any atom is 0.324 e. The molecule has 0 aromatic heterocycles. The van der Waals surface area contributed by atoms with Crippen LogP contribution in [0.5, 0.6) is 34.5 Å². The SMILES string of the molecule is C=CCOc1cc2c(cc1[C@@H](c1cc(OC)c(OC)c(OC)c1)[C@H](NCc1ccccc1)C(=O)OC(C)(C)C)OCO2. The number of benzene rings is 3. The second kappa shape index (κ2) is 13.5. The molecule has 1 heterocycles. The lowest BCUT2D eigenvalue weighted by Crippen LogP contribution is -2.45. The largest absolute Gasteiger partial charge is 0.493 e. The van der Waals surface area contributed by atoms with Crippen LogP contribution in [0.2, 0.25) is 0 Å². The van der Waals surface area contributed by atoms with Crippen molar-refractivity contribution in [2.45, 2.75) is 44.9 Å². The zero-order chi connectivity index (χ0) is 30.3. The first-order valence-electron chi connectivity index (χ1n) is 13.7. The van der Waals surface area contributed by atoms with E-state index in [1.807, 2.05) is 69.3 Å². The number of esters is 1. The van der Waals surface area contributed by atoms with Crippen molar-refractivity contribution in [2.75, 3.05) is 34.7 Å². The molecule has 9 nitrogen and oxygen atoms in total. The Hall–Kier alpha value is -4.37. The number of hydrogen-bond acceptors (Lipinski definition) is 9. The van der Waals surface area contributed by atoms with Gasteiger partial charge in [0, 0.05) is 24.1 Å². The number of carbonyl (C=O) groups is 1. The summed E-state index contributed by atoms with van der Waals surface area (Å²) in [5, 5.41) is 3.47. The molecule has 0 saturated heterocycles. The third-order valence-electron chi connectivity index (χ3n) is 6.61. The average molecular weight is 578 g/mol. The van der Waals surface area contributed by atoms with Gasteiger partial charge in [0.2, 0.25) is 12.5 Å². The molecule has 224 valence electrons. The first-order valence-corrected chi connectivity index (χ1v) is 13.7. The Kier molecular flexibility index (Phi) is 9.85. The van der Waals surface area contributed by atoms with Gasteiger partial charge in [-0.25, -0.2) is 0 Å². The normalized spacial score (nSPS) is 13.6. The lowest BCUT2D eigenvalue weighted by Gasteiger charge is -2.32. The molecule has 4 rings (SSSR count). The monoisotopic (exact) mass is 577 g/mol. The molecule has 0 spiro atoms. The standard InChI is InChI=1S/C33H39NO8/c1-8-14-39-24-18-26-25(40-20-41-26)17-23(24)29(22-15-27(36-5)31(38-7)28(16-22)37-6)30(32(35)42-33(2,3)4)34-19-21-12-10-9-11-13-21/h8-13,15-18,29-30,34H,1,14,19-20H2,2-7H3/t29-,30+/m1/s1. The van der Waals surface area contributed by atoms with Gasteiger partial charge in [0.05, 0.1) is 21.3 Å². The van der Waals surface area contributed by atoms with Gasteiger partial charge in [-0.2, -0.15) is 0 Å². The molecular formula is C33H39NO8. The van der Waals surface area contributed by atoms with E-state index in [1.165, 1.54) is 0 Å². The Morgan fingerprint density at radius 3 is 2.17 bits per heavy atom. The predicted octanol–water partition coefficient (Wildman–Crippen LogP) is 5.64. The fraction of sp³-hybridized carbons (Fsp3) is 0.364. The number of carbonyl (C=O) groups excluding carboxylic acids is 1. The molecule has 3 aromatic rings. The minimum atomic E-state index is -0.876. The summed E-state index contributed by atoms with van der Waals surface area (Å²) in [7, 11) is 4.64. The molecule has 1 aliphatic rings. The highest BCUT2D eigenvalue weighted by Gasteiger charge is 2.38. The van der Waals surface area contributed by atoms with Crippen molar-refractivity contribution in [3.63, 3.8) is 0 Å². The van der Waals surface area contributed by atoms with E-state index in [4.69, 9.17) is 33.2 Å². The average Bonchev–Trinajstić information content (AvgIpc) is 3.44. The van der Waals surface area contributed by atoms with Gasteiger partial charge in [0.25, 0.3) is 0 Å². The second-order valence-electron chi connectivity index (χ2n) is 10.7. The van der Waals surface area contributed by atoms with Crippen LogP contribution in [0.15, 0.2) is 67.3 Å². The third-order valence-corrected chi connectivity index (χ3v) is 6.61. The maximum absolute atomic E-state index is 14.1. The minimum absolute atomic E-state index is 0.0796. The zero-order valence-electron chi connectivity index (χ0n) is 25.0. The highest BCUT2D eigenvalue weighted by molar-refractivity contribution is 5.79. The summed E-state index contributed by atoms with van der Waals surface area (Å²) >= 11 is 0. The molecule has 2 atom stereocenters. The zero-order valence-corrected chi connectivity index (χ0v) is 25.0. The van der Waals surface area contributed by atoms with Gasteiger partial charge >= 0.3 is 5.97 Å². The number of ether oxygens (including phenoxy) is 7. The van der Waals surface area contributed by atoms with E-state index >= 15 is 0 Å². The molecule has 0 bridgehead atoms. The molecule has 0 fully saturated rings. The summed E-state index contributed by atoms with van der Waals surface area (Å²) in [4.78, 5) is 14.1. The van der Waals surface area contributed by atoms with E-state index in [1.54, 1.807) is 33.5 Å². The van der Waals surface area contributed by atoms with Crippen molar-refractivity contribution in [1.82, 2.24) is 5.32 Å². The van der Waals surface area contributed by atoms with Crippen molar-refractivity contribution in [1.29, 1.82) is 0 Å². The fourth-order valence-electron chi connectivity index (χ4n) is 4.81. The number of fused-ring (bicyclic) bond motifs is 1. The molecule has 1 N–H and O–H groups in total. The van der Waals surface area contributed by atoms with Gasteiger partial charge < -0.3 is 33.2 Å². The van der Waals surface area contributed by atoms with Gasteiger partial charge in [-0.1, -0.05) is 43.0 Å². The predicted molar refractivity (Wildman–Crippen MR) is 159 cm³/mol. The van der Waals surface area contributed by atoms with Gasteiger partial charge in [-0.05, 0) is 50.1 Å². The van der Waals surface area contributed by atoms with Crippen molar-refractivity contribution < 1.29 is 38.0 Å². The molecule has 9 heteroatoms. The number of nitrogens with one attached hydrogen (secondary N) is 1. The summed E-state index contributed by atoms with van der Waals surface area (Å²) in [6.07, 6.45) is 1.65. The molecular weight excluding hydrogens is 538 g/mol. The molecule has 0 aliphatic carbocycles. The Labute approximate surface area is 247 Å². The Morgan fingerprint density at radius 2 is 1.60 bits per heavy atom. The van der Waals surface area contributed by atoms with Crippen molar-refractivity contribution >= 4 is 5.97 Å². The van der Waals surface area contributed by atoms with Crippen LogP contribution in [0.3, 0.4) is 0 Å². The van der Waals surface area contributed by atoms with E-state index in [0.717, 1.165) is 5.56 Å². The van der Waals surface area contributed by atoms with E-state index in [2.05, 4.69) is 11.9 Å². The first kappa shape index (κ1) is 30.6. The second-order valence-corrected chi connectivity index (χ2v) is 10.7. The quantitative estimate of drug-likeness (QED) is 0.205. The topological polar surface area (TPSA) is 93.7 Å². The van der Waals surface area contributed by atoms with Crippen LogP contribution >= 0.6 is 0 Å². The van der Waals surface area contributed by atoms with Gasteiger partial charge in [0.15, 0.2) is 23.0 Å². The summed E-state index contributed by atoms with van der Waals surface area (Å²) in [6.45, 7) is 10.0. The van der Waals surface area contributed by atoms with Crippen molar-refractivity contribution in [3.8, 4) is 34.5 Å². The fourth-order valence-corrected chi connectivity index (χ4v) is 4.81. The smallest absolute Gasteiger partial charge is 0.324 e. The Balaban J connectivity index is 1.96. The summed E-state index contributed by atoms with van der Waals surface area (Å²) in [5.74, 6) is 1.81. The van der Waals surface area contributed by atoms with Crippen LogP contribution < -0.4 is 33.7 Å². The first-order chi connectivity index (χ1) is 20.2. The van der Waals surface area contributed by atoms with Crippen molar-refractivity contribution in [3.05, 3.63) is 83.9 Å². The molecule has 0 radical (unpaired) electrons. The Morgan fingerprint density at radius 1 is 0.952 bits per heavy atom. The van der Waals surface area contributed by atoms with Crippen LogP contribution in [-0.4, -0.2) is 52.3 Å². The molecule has 0 unspecified atom stereocenters. The van der Waals surface area contributed by atoms with Crippen LogP contribution in [0.1, 0.15) is 43.4 Å². The molecule has 42 heavy (non-hydrogen) atoms. The lowest BCUT2D eigenvalue weighted by atomic mass is 9.83. The number of hydrogen-bond donors (Lipinski definition) is 1. The number of methoxy groups -OCH3 is 3. The van der Waals surface area contributed by atoms with Crippen molar-refractivity contribution in [2.24, 2.45) is 0 Å². The maximum atomic E-state index is 14.1. The van der Waals surface area contributed by atoms with Gasteiger partial charge in [-0.15, -0.1) is 0 Å². The lowest BCUT2D eigenvalue weighted by molar-refractivity contribution is -0.158. The minimum Gasteiger partial charge on any atom is -0.493 e. The third kappa shape index (κ3) is 7.09. The molecule has 1 aliphatic heterocycles. The Bertz CT molecular complexity index is 1360. The van der Waals surface area contributed by atoms with Crippen LogP contribution in [0.4, 0.5) is 0 Å². The highest BCUT2D eigenvalue weighted by Crippen LogP contribution is 2.47. The summed E-state index contributed by atoms with van der Waals surface area (Å²) in [6, 6.07) is 16.2. The summed E-state index contributed by atoms with van der Waals surface area (Å²) in [5.41, 5.74) is 1.64. The van der Waals surface area contributed by atoms with E-state index in [-0.39, 0.29) is 13.4 Å². The van der Waals surface area contributed by atoms with Crippen LogP contribution in [-0.2, 0) is 16.1 Å². The van der Waals surface area contributed by atoms with Gasteiger partial charge in [-0.3, -0.25) is 10.1 Å².